The lowest BCUT2D eigenvalue weighted by Gasteiger charge is -2.41. The van der Waals surface area contributed by atoms with Gasteiger partial charge in [-0.25, -0.2) is 4.79 Å². The Morgan fingerprint density at radius 3 is 1.96 bits per heavy atom. The summed E-state index contributed by atoms with van der Waals surface area (Å²) in [6.07, 6.45) is -3.36. The second-order valence-electron chi connectivity index (χ2n) is 12.6. The zero-order valence-corrected chi connectivity index (χ0v) is 29.7. The summed E-state index contributed by atoms with van der Waals surface area (Å²) in [6, 6.07) is 24.5. The zero-order valence-electron chi connectivity index (χ0n) is 29.7. The number of rotatable bonds is 11. The smallest absolute Gasteiger partial charge is 0.330 e. The van der Waals surface area contributed by atoms with Gasteiger partial charge >= 0.3 is 17.6 Å². The molecule has 14 nitrogen and oxygen atoms in total. The van der Waals surface area contributed by atoms with Gasteiger partial charge < -0.3 is 28.4 Å². The molecular formula is C38H41N3O11. The minimum Gasteiger partial charge on any atom is -0.497 e. The van der Waals surface area contributed by atoms with Crippen LogP contribution in [0.1, 0.15) is 42.3 Å². The predicted molar refractivity (Wildman–Crippen MR) is 186 cm³/mol. The summed E-state index contributed by atoms with van der Waals surface area (Å²) in [7, 11) is 4.74. The second-order valence-corrected chi connectivity index (χ2v) is 12.6. The average Bonchev–Trinajstić information content (AvgIpc) is 3.63. The van der Waals surface area contributed by atoms with Gasteiger partial charge in [0.25, 0.3) is 5.56 Å². The van der Waals surface area contributed by atoms with Gasteiger partial charge in [0.15, 0.2) is 24.0 Å². The number of likely N-dealkylation sites (N-methyl/N-ethyl adjacent to an activating group) is 1. The Bertz CT molecular complexity index is 1970. The number of hydroxylamine groups is 2. The van der Waals surface area contributed by atoms with E-state index in [2.05, 4.69) is 4.98 Å². The number of H-pyrrole nitrogens is 1. The first-order valence-corrected chi connectivity index (χ1v) is 16.6. The molecule has 6 rings (SSSR count). The van der Waals surface area contributed by atoms with Crippen LogP contribution in [0.5, 0.6) is 11.5 Å². The van der Waals surface area contributed by atoms with Gasteiger partial charge in [-0.15, -0.1) is 0 Å². The van der Waals surface area contributed by atoms with Gasteiger partial charge in [0, 0.05) is 32.7 Å². The number of hydrogen-bond donors (Lipinski definition) is 1. The summed E-state index contributed by atoms with van der Waals surface area (Å²) in [6.45, 7) is 3.67. The molecule has 0 amide bonds. The van der Waals surface area contributed by atoms with Crippen molar-refractivity contribution in [3.63, 3.8) is 0 Å². The standard InChI is InChI=1S/C38H41N3O11/c1-23-20-41(36(45)39-34(23)44)35-37(32(50-24(2)42)22-49-40(37)4)33(51-25(3)43)31(52-35)21-48-38(26-10-8-7-9-11-26,27-12-16-29(46-5)17-13-27)28-14-18-30(47-6)19-15-28/h7-20,31-33,35H,21-22H2,1-6H3,(H,39,44,45)/t31-,32-,33-,35-,37+/m1/s1. The average molecular weight is 716 g/mol. The molecule has 0 radical (unpaired) electrons. The van der Waals surface area contributed by atoms with E-state index in [0.29, 0.717) is 11.5 Å². The predicted octanol–water partition coefficient (Wildman–Crippen LogP) is 3.25. The van der Waals surface area contributed by atoms with E-state index in [1.165, 1.54) is 36.6 Å². The highest BCUT2D eigenvalue weighted by Crippen LogP contribution is 2.51. The number of aromatic nitrogens is 2. The van der Waals surface area contributed by atoms with Crippen molar-refractivity contribution in [1.29, 1.82) is 0 Å². The SMILES string of the molecule is COc1ccc(C(OC[C@H]2O[C@@H](n3cc(C)c(=O)[nH]c3=O)[C@@]3([C@@H]2OC(C)=O)[C@H](OC(C)=O)CON3C)(c2ccccc2)c2ccc(OC)cc2)cc1. The maximum atomic E-state index is 13.5. The van der Waals surface area contributed by atoms with Crippen LogP contribution in [0.2, 0.25) is 0 Å². The van der Waals surface area contributed by atoms with E-state index in [1.807, 2.05) is 78.9 Å². The third-order valence-corrected chi connectivity index (χ3v) is 9.61. The summed E-state index contributed by atoms with van der Waals surface area (Å²) in [5.74, 6) is -0.0103. The molecule has 5 atom stereocenters. The zero-order chi connectivity index (χ0) is 37.2. The molecule has 2 aliphatic heterocycles. The highest BCUT2D eigenvalue weighted by molar-refractivity contribution is 5.67. The molecule has 14 heteroatoms. The lowest BCUT2D eigenvalue weighted by molar-refractivity contribution is -0.203. The number of benzene rings is 3. The molecule has 1 aromatic heterocycles. The highest BCUT2D eigenvalue weighted by Gasteiger charge is 2.70. The maximum Gasteiger partial charge on any atom is 0.330 e. The fraction of sp³-hybridized carbons (Fsp3) is 0.368. The van der Waals surface area contributed by atoms with Crippen molar-refractivity contribution in [2.75, 3.05) is 34.5 Å². The van der Waals surface area contributed by atoms with Crippen LogP contribution in [0.4, 0.5) is 0 Å². The van der Waals surface area contributed by atoms with Crippen molar-refractivity contribution in [2.24, 2.45) is 0 Å². The van der Waals surface area contributed by atoms with Crippen molar-refractivity contribution in [1.82, 2.24) is 14.6 Å². The molecule has 0 aliphatic carbocycles. The third-order valence-electron chi connectivity index (χ3n) is 9.61. The van der Waals surface area contributed by atoms with Gasteiger partial charge in [0.2, 0.25) is 0 Å². The largest absolute Gasteiger partial charge is 0.497 e. The molecule has 1 N–H and O–H groups in total. The lowest BCUT2D eigenvalue weighted by atomic mass is 9.79. The van der Waals surface area contributed by atoms with Gasteiger partial charge in [0.1, 0.15) is 29.8 Å². The van der Waals surface area contributed by atoms with E-state index in [-0.39, 0.29) is 18.8 Å². The van der Waals surface area contributed by atoms with Gasteiger partial charge in [-0.1, -0.05) is 54.6 Å². The molecule has 3 heterocycles. The van der Waals surface area contributed by atoms with E-state index in [0.717, 1.165) is 16.7 Å². The summed E-state index contributed by atoms with van der Waals surface area (Å²) < 4.78 is 37.8. The fourth-order valence-corrected chi connectivity index (χ4v) is 7.22. The summed E-state index contributed by atoms with van der Waals surface area (Å²) in [5, 5.41) is 1.39. The Morgan fingerprint density at radius 2 is 1.42 bits per heavy atom. The maximum absolute atomic E-state index is 13.5. The molecular weight excluding hydrogens is 674 g/mol. The van der Waals surface area contributed by atoms with E-state index < -0.39 is 58.9 Å². The molecule has 0 bridgehead atoms. The lowest BCUT2D eigenvalue weighted by Crippen LogP contribution is -2.63. The van der Waals surface area contributed by atoms with Crippen LogP contribution in [0.15, 0.2) is 94.6 Å². The molecule has 0 saturated carbocycles. The Kier molecular flexibility index (Phi) is 10.4. The van der Waals surface area contributed by atoms with Crippen LogP contribution < -0.4 is 20.7 Å². The monoisotopic (exact) mass is 715 g/mol. The number of ether oxygens (including phenoxy) is 6. The molecule has 274 valence electrons. The molecule has 0 unspecified atom stereocenters. The summed E-state index contributed by atoms with van der Waals surface area (Å²) in [5.41, 5.74) is -1.80. The van der Waals surface area contributed by atoms with E-state index in [9.17, 15) is 19.2 Å². The summed E-state index contributed by atoms with van der Waals surface area (Å²) >= 11 is 0. The molecule has 2 saturated heterocycles. The Balaban J connectivity index is 1.54. The quantitative estimate of drug-likeness (QED) is 0.179. The first-order valence-electron chi connectivity index (χ1n) is 16.6. The van der Waals surface area contributed by atoms with Crippen molar-refractivity contribution >= 4 is 11.9 Å². The molecule has 4 aromatic rings. The van der Waals surface area contributed by atoms with E-state index >= 15 is 0 Å². The van der Waals surface area contributed by atoms with Crippen LogP contribution in [0, 0.1) is 6.92 Å². The van der Waals surface area contributed by atoms with Crippen LogP contribution in [-0.4, -0.2) is 84.9 Å². The number of carbonyl (C=O) groups excluding carboxylic acids is 2. The van der Waals surface area contributed by atoms with Gasteiger partial charge in [0.05, 0.1) is 20.8 Å². The fourth-order valence-electron chi connectivity index (χ4n) is 7.22. The Hall–Kier alpha value is -5.28. The number of aryl methyl sites for hydroxylation is 1. The summed E-state index contributed by atoms with van der Waals surface area (Å²) in [4.78, 5) is 59.5. The van der Waals surface area contributed by atoms with Crippen LogP contribution in [0.3, 0.4) is 0 Å². The van der Waals surface area contributed by atoms with Crippen LogP contribution >= 0.6 is 0 Å². The number of methoxy groups -OCH3 is 2. The second kappa shape index (κ2) is 14.8. The third kappa shape index (κ3) is 6.38. The van der Waals surface area contributed by atoms with E-state index in [4.69, 9.17) is 33.3 Å². The first kappa shape index (κ1) is 36.5. The van der Waals surface area contributed by atoms with E-state index in [1.54, 1.807) is 21.3 Å². The van der Waals surface area contributed by atoms with Gasteiger partial charge in [-0.3, -0.25) is 28.8 Å². The molecule has 2 aliphatic rings. The van der Waals surface area contributed by atoms with Crippen molar-refractivity contribution < 1.29 is 42.8 Å². The number of hydrogen-bond acceptors (Lipinski definition) is 12. The molecule has 3 aromatic carbocycles. The molecule has 52 heavy (non-hydrogen) atoms. The number of aromatic amines is 1. The number of esters is 2. The normalized spacial score (nSPS) is 23.0. The minimum atomic E-state index is -1.62. The Morgan fingerprint density at radius 1 is 0.865 bits per heavy atom. The Labute approximate surface area is 299 Å². The number of nitrogens with one attached hydrogen (secondary N) is 1. The van der Waals surface area contributed by atoms with Crippen molar-refractivity contribution in [3.05, 3.63) is 128 Å². The first-order chi connectivity index (χ1) is 24.9. The van der Waals surface area contributed by atoms with Crippen molar-refractivity contribution in [2.45, 2.75) is 56.5 Å². The van der Waals surface area contributed by atoms with Crippen LogP contribution in [-0.2, 0) is 39.0 Å². The minimum absolute atomic E-state index is 0.135. The number of carbonyl (C=O) groups is 2. The molecule has 1 spiro atoms. The van der Waals surface area contributed by atoms with Gasteiger partial charge in [-0.05, 0) is 47.9 Å². The van der Waals surface area contributed by atoms with Crippen LogP contribution in [0.25, 0.3) is 0 Å². The topological polar surface area (TPSA) is 157 Å². The number of nitrogens with zero attached hydrogens (tertiary/aromatic N) is 2. The molecule has 2 fully saturated rings. The van der Waals surface area contributed by atoms with Gasteiger partial charge in [-0.2, -0.15) is 5.06 Å². The van der Waals surface area contributed by atoms with Crippen molar-refractivity contribution in [3.8, 4) is 11.5 Å². The highest BCUT2D eigenvalue weighted by atomic mass is 16.7.